The lowest BCUT2D eigenvalue weighted by molar-refractivity contribution is 0.275. The fourth-order valence-corrected chi connectivity index (χ4v) is 2.23. The van der Waals surface area contributed by atoms with Crippen LogP contribution in [0.4, 0.5) is 0 Å². The molecular weight excluding hydrogens is 160 g/mol. The fraction of sp³-hybridized carbons (Fsp3) is 1.00. The first kappa shape index (κ1) is 9.09. The molecule has 0 amide bonds. The molecule has 56 valence electrons. The average Bonchev–Trinajstić information content (AvgIpc) is 1.65. The molecule has 0 aliphatic heterocycles. The van der Waals surface area contributed by atoms with Crippen LogP contribution in [0.5, 0.6) is 0 Å². The molecule has 9 heavy (non-hydrogen) atoms. The molecular formula is C3H10O4SSi. The van der Waals surface area contributed by atoms with Crippen LogP contribution in [0.15, 0.2) is 0 Å². The maximum absolute atomic E-state index is 10.2. The van der Waals surface area contributed by atoms with Gasteiger partial charge < -0.3 is 4.43 Å². The fourth-order valence-electron chi connectivity index (χ4n) is 0.499. The van der Waals surface area contributed by atoms with Gasteiger partial charge in [0.05, 0.1) is 0 Å². The van der Waals surface area contributed by atoms with Crippen LogP contribution in [0.3, 0.4) is 0 Å². The van der Waals surface area contributed by atoms with Crippen molar-refractivity contribution in [2.45, 2.75) is 18.8 Å². The zero-order valence-electron chi connectivity index (χ0n) is 5.36. The van der Waals surface area contributed by atoms with E-state index in [1.807, 2.05) is 0 Å². The van der Waals surface area contributed by atoms with Crippen LogP contribution in [0.2, 0.25) is 0 Å². The van der Waals surface area contributed by atoms with Crippen LogP contribution >= 0.6 is 0 Å². The molecule has 4 nitrogen and oxygen atoms in total. The van der Waals surface area contributed by atoms with Gasteiger partial charge in [0.2, 0.25) is 0 Å². The molecule has 0 rings (SSSR count). The largest absolute Gasteiger partial charge is 0.410 e. The van der Waals surface area contributed by atoms with E-state index < -0.39 is 15.6 Å². The number of hydrogen-bond donors (Lipinski definition) is 1. The van der Waals surface area contributed by atoms with Gasteiger partial charge in [-0.05, 0) is 6.42 Å². The normalized spacial score (nSPS) is 15.8. The Balaban J connectivity index is 4.14. The van der Waals surface area contributed by atoms with Gasteiger partial charge >= 0.3 is 0 Å². The van der Waals surface area contributed by atoms with E-state index in [2.05, 4.69) is 4.43 Å². The van der Waals surface area contributed by atoms with E-state index in [-0.39, 0.29) is 0 Å². The van der Waals surface area contributed by atoms with Gasteiger partial charge in [-0.1, -0.05) is 6.92 Å². The SMILES string of the molecule is CCC(O[SiH3])S(=O)(=O)O. The second-order valence-electron chi connectivity index (χ2n) is 1.59. The summed E-state index contributed by atoms with van der Waals surface area (Å²) in [6.07, 6.45) is 0.294. The molecule has 6 heteroatoms. The highest BCUT2D eigenvalue weighted by atomic mass is 32.2. The quantitative estimate of drug-likeness (QED) is 0.432. The summed E-state index contributed by atoms with van der Waals surface area (Å²) in [5.41, 5.74) is -1.01. The summed E-state index contributed by atoms with van der Waals surface area (Å²) >= 11 is 0. The minimum absolute atomic E-state index is 0.294. The lowest BCUT2D eigenvalue weighted by Crippen LogP contribution is -2.21. The predicted octanol–water partition coefficient (Wildman–Crippen LogP) is -1.09. The first-order valence-electron chi connectivity index (χ1n) is 2.51. The Kier molecular flexibility index (Phi) is 3.34. The van der Waals surface area contributed by atoms with Crippen molar-refractivity contribution in [2.24, 2.45) is 0 Å². The Morgan fingerprint density at radius 3 is 2.22 bits per heavy atom. The molecule has 0 aromatic carbocycles. The van der Waals surface area contributed by atoms with Crippen LogP contribution in [-0.4, -0.2) is 28.9 Å². The van der Waals surface area contributed by atoms with Crippen LogP contribution in [-0.2, 0) is 14.5 Å². The molecule has 0 saturated carbocycles. The minimum Gasteiger partial charge on any atom is -0.410 e. The topological polar surface area (TPSA) is 63.6 Å². The van der Waals surface area contributed by atoms with Crippen LogP contribution < -0.4 is 0 Å². The van der Waals surface area contributed by atoms with Crippen LogP contribution in [0, 0.1) is 0 Å². The van der Waals surface area contributed by atoms with E-state index in [4.69, 9.17) is 4.55 Å². The lowest BCUT2D eigenvalue weighted by Gasteiger charge is -2.07. The summed E-state index contributed by atoms with van der Waals surface area (Å²) in [5.74, 6) is 0. The molecule has 0 aliphatic carbocycles. The van der Waals surface area contributed by atoms with Crippen molar-refractivity contribution in [1.82, 2.24) is 0 Å². The Labute approximate surface area is 57.5 Å². The third-order valence-electron chi connectivity index (χ3n) is 0.928. The van der Waals surface area contributed by atoms with Crippen LogP contribution in [0.25, 0.3) is 0 Å². The average molecular weight is 170 g/mol. The number of hydrogen-bond acceptors (Lipinski definition) is 3. The van der Waals surface area contributed by atoms with Gasteiger partial charge in [-0.25, -0.2) is 0 Å². The van der Waals surface area contributed by atoms with Crippen molar-refractivity contribution in [2.75, 3.05) is 0 Å². The summed E-state index contributed by atoms with van der Waals surface area (Å²) in [7, 11) is -3.63. The third-order valence-corrected chi connectivity index (χ3v) is 3.03. The Bertz CT molecular complexity index is 159. The minimum atomic E-state index is -3.95. The van der Waals surface area contributed by atoms with Crippen molar-refractivity contribution in [1.29, 1.82) is 0 Å². The smallest absolute Gasteiger partial charge is 0.291 e. The predicted molar refractivity (Wildman–Crippen MR) is 36.7 cm³/mol. The highest BCUT2D eigenvalue weighted by molar-refractivity contribution is 7.86. The zero-order chi connectivity index (χ0) is 7.49. The molecule has 1 unspecified atom stereocenters. The van der Waals surface area contributed by atoms with E-state index >= 15 is 0 Å². The summed E-state index contributed by atoms with van der Waals surface area (Å²) < 4.78 is 33.4. The van der Waals surface area contributed by atoms with Gasteiger partial charge in [0.25, 0.3) is 10.1 Å². The van der Waals surface area contributed by atoms with Crippen molar-refractivity contribution >= 4 is 20.6 Å². The van der Waals surface area contributed by atoms with Crippen molar-refractivity contribution in [3.05, 3.63) is 0 Å². The molecule has 1 N–H and O–H groups in total. The van der Waals surface area contributed by atoms with Gasteiger partial charge in [0.1, 0.15) is 10.5 Å². The Morgan fingerprint density at radius 1 is 1.78 bits per heavy atom. The maximum atomic E-state index is 10.2. The number of rotatable bonds is 3. The highest BCUT2D eigenvalue weighted by Crippen LogP contribution is 2.02. The Morgan fingerprint density at radius 2 is 2.22 bits per heavy atom. The standard InChI is InChI=1S/C3H10O4SSi/c1-2-3(7-9)8(4,5)6/h3H,2H2,1,9H3,(H,4,5,6). The molecule has 0 fully saturated rings. The summed E-state index contributed by atoms with van der Waals surface area (Å²) in [5, 5.41) is 0. The molecule has 0 spiro atoms. The molecule has 0 aliphatic rings. The van der Waals surface area contributed by atoms with Gasteiger partial charge in [-0.3, -0.25) is 4.55 Å². The molecule has 0 aromatic rings. The maximum Gasteiger partial charge on any atom is 0.291 e. The van der Waals surface area contributed by atoms with Crippen molar-refractivity contribution in [3.8, 4) is 0 Å². The first-order chi connectivity index (χ1) is 4.02. The zero-order valence-corrected chi connectivity index (χ0v) is 8.18. The molecule has 0 aromatic heterocycles. The van der Waals surface area contributed by atoms with Crippen molar-refractivity contribution < 1.29 is 17.4 Å². The molecule has 0 saturated heterocycles. The second-order valence-corrected chi connectivity index (χ2v) is 3.62. The monoisotopic (exact) mass is 170 g/mol. The van der Waals surface area contributed by atoms with Gasteiger partial charge in [0.15, 0.2) is 5.44 Å². The highest BCUT2D eigenvalue weighted by Gasteiger charge is 2.18. The van der Waals surface area contributed by atoms with Gasteiger partial charge in [-0.2, -0.15) is 8.42 Å². The Hall–Kier alpha value is 0.0869. The van der Waals surface area contributed by atoms with Crippen LogP contribution in [0.1, 0.15) is 13.3 Å². The van der Waals surface area contributed by atoms with E-state index in [1.54, 1.807) is 6.92 Å². The van der Waals surface area contributed by atoms with E-state index in [1.165, 1.54) is 0 Å². The third kappa shape index (κ3) is 2.94. The van der Waals surface area contributed by atoms with E-state index in [0.717, 1.165) is 0 Å². The van der Waals surface area contributed by atoms with E-state index in [9.17, 15) is 8.42 Å². The van der Waals surface area contributed by atoms with E-state index in [0.29, 0.717) is 16.9 Å². The molecule has 0 bridgehead atoms. The van der Waals surface area contributed by atoms with Gasteiger partial charge in [-0.15, -0.1) is 0 Å². The molecule has 0 heterocycles. The first-order valence-corrected chi connectivity index (χ1v) is 4.83. The summed E-state index contributed by atoms with van der Waals surface area (Å²) in [6, 6.07) is 0. The summed E-state index contributed by atoms with van der Waals surface area (Å²) in [6.45, 7) is 1.64. The summed E-state index contributed by atoms with van der Waals surface area (Å²) in [4.78, 5) is 0. The molecule has 1 atom stereocenters. The van der Waals surface area contributed by atoms with Gasteiger partial charge in [0, 0.05) is 0 Å². The van der Waals surface area contributed by atoms with Crippen molar-refractivity contribution in [3.63, 3.8) is 0 Å². The lowest BCUT2D eigenvalue weighted by atomic mass is 10.5. The second kappa shape index (κ2) is 3.30. The molecule has 0 radical (unpaired) electrons.